The van der Waals surface area contributed by atoms with Gasteiger partial charge in [0.2, 0.25) is 5.91 Å². The van der Waals surface area contributed by atoms with E-state index in [1.165, 1.54) is 6.07 Å². The number of nitrogens with zero attached hydrogens (tertiary/aromatic N) is 1. The van der Waals surface area contributed by atoms with Gasteiger partial charge in [0.1, 0.15) is 10.5 Å². The second kappa shape index (κ2) is 9.84. The van der Waals surface area contributed by atoms with E-state index in [2.05, 4.69) is 10.0 Å². The third-order valence-electron chi connectivity index (χ3n) is 5.93. The molecule has 2 heterocycles. The number of nitrogens with one attached hydrogen (secondary N) is 2. The molecule has 1 aromatic carbocycles. The van der Waals surface area contributed by atoms with E-state index in [-0.39, 0.29) is 34.6 Å². The SMILES string of the molecule is CC(C)(C)[S@+]([O-])N[C@@H](c1cc(Cl)c(Cl)cc1O)C1CCN(C(=O)[C@H]2CCNC2)CC1. The summed E-state index contributed by atoms with van der Waals surface area (Å²) in [6.07, 6.45) is 2.40. The molecule has 0 aliphatic carbocycles. The molecule has 9 heteroatoms. The van der Waals surface area contributed by atoms with Crippen LogP contribution in [-0.2, 0) is 16.2 Å². The van der Waals surface area contributed by atoms with Crippen molar-refractivity contribution in [2.24, 2.45) is 11.8 Å². The topological polar surface area (TPSA) is 87.7 Å². The molecule has 2 saturated heterocycles. The van der Waals surface area contributed by atoms with Crippen molar-refractivity contribution >= 4 is 40.5 Å². The van der Waals surface area contributed by atoms with E-state index < -0.39 is 16.1 Å². The number of carbonyl (C=O) groups is 1. The number of phenols is 1. The standard InChI is InChI=1S/C21H31Cl2N3O3S/c1-21(2,3)30(29)25-19(15-10-16(22)17(23)11-18(15)27)13-5-8-26(9-6-13)20(28)14-4-7-24-12-14/h10-11,13-14,19,24-25,27H,4-9,12H2,1-3H3/t14-,19+,30-/m0/s1. The molecule has 0 aromatic heterocycles. The van der Waals surface area contributed by atoms with Crippen LogP contribution in [0.5, 0.6) is 5.75 Å². The van der Waals surface area contributed by atoms with Crippen LogP contribution < -0.4 is 10.0 Å². The van der Waals surface area contributed by atoms with Crippen molar-refractivity contribution in [2.45, 2.75) is 50.8 Å². The van der Waals surface area contributed by atoms with Gasteiger partial charge in [-0.2, -0.15) is 0 Å². The first-order valence-electron chi connectivity index (χ1n) is 10.4. The molecule has 0 radical (unpaired) electrons. The molecule has 0 spiro atoms. The zero-order valence-corrected chi connectivity index (χ0v) is 20.0. The van der Waals surface area contributed by atoms with Gasteiger partial charge in [-0.3, -0.25) is 4.79 Å². The monoisotopic (exact) mass is 475 g/mol. The second-order valence-electron chi connectivity index (χ2n) is 9.15. The van der Waals surface area contributed by atoms with Gasteiger partial charge in [0, 0.05) is 42.6 Å². The Kier molecular flexibility index (Phi) is 7.86. The first-order valence-corrected chi connectivity index (χ1v) is 12.3. The number of likely N-dealkylation sites (tertiary alicyclic amines) is 1. The van der Waals surface area contributed by atoms with Crippen molar-refractivity contribution in [1.82, 2.24) is 14.9 Å². The number of phenolic OH excluding ortho intramolecular Hbond substituents is 1. The maximum atomic E-state index is 12.9. The molecule has 0 unspecified atom stereocenters. The van der Waals surface area contributed by atoms with Crippen LogP contribution in [0, 0.1) is 11.8 Å². The van der Waals surface area contributed by atoms with Crippen molar-refractivity contribution in [3.05, 3.63) is 27.7 Å². The number of benzene rings is 1. The fourth-order valence-electron chi connectivity index (χ4n) is 4.08. The summed E-state index contributed by atoms with van der Waals surface area (Å²) in [5.41, 5.74) is 0.590. The van der Waals surface area contributed by atoms with E-state index in [1.54, 1.807) is 6.07 Å². The van der Waals surface area contributed by atoms with Gasteiger partial charge < -0.3 is 19.9 Å². The minimum atomic E-state index is -1.34. The van der Waals surface area contributed by atoms with Crippen LogP contribution in [0.15, 0.2) is 12.1 Å². The molecule has 0 saturated carbocycles. The molecule has 3 rings (SSSR count). The highest BCUT2D eigenvalue weighted by atomic mass is 35.5. The van der Waals surface area contributed by atoms with Crippen molar-refractivity contribution in [3.8, 4) is 5.75 Å². The number of piperidine rings is 1. The Bertz CT molecular complexity index is 761. The summed E-state index contributed by atoms with van der Waals surface area (Å²) in [7, 11) is 0. The summed E-state index contributed by atoms with van der Waals surface area (Å²) >= 11 is 10.9. The highest BCUT2D eigenvalue weighted by Gasteiger charge is 2.38. The highest BCUT2D eigenvalue weighted by Crippen LogP contribution is 2.40. The average molecular weight is 476 g/mol. The van der Waals surface area contributed by atoms with Crippen LogP contribution in [0.2, 0.25) is 10.0 Å². The minimum Gasteiger partial charge on any atom is -0.598 e. The van der Waals surface area contributed by atoms with Crippen molar-refractivity contribution < 1.29 is 14.5 Å². The van der Waals surface area contributed by atoms with Crippen LogP contribution >= 0.6 is 23.2 Å². The van der Waals surface area contributed by atoms with Gasteiger partial charge in [0.05, 0.1) is 22.0 Å². The number of hydrogen-bond acceptors (Lipinski definition) is 5. The molecule has 6 nitrogen and oxygen atoms in total. The van der Waals surface area contributed by atoms with Gasteiger partial charge in [-0.05, 0) is 58.6 Å². The zero-order valence-electron chi connectivity index (χ0n) is 17.7. The van der Waals surface area contributed by atoms with E-state index in [0.717, 1.165) is 32.4 Å². The molecule has 2 fully saturated rings. The lowest BCUT2D eigenvalue weighted by Crippen LogP contribution is -2.47. The van der Waals surface area contributed by atoms with Gasteiger partial charge in [0.25, 0.3) is 0 Å². The fraction of sp³-hybridized carbons (Fsp3) is 0.667. The lowest BCUT2D eigenvalue weighted by molar-refractivity contribution is -0.136. The number of hydrogen-bond donors (Lipinski definition) is 3. The first-order chi connectivity index (χ1) is 14.1. The molecule has 3 atom stereocenters. The fourth-order valence-corrected chi connectivity index (χ4v) is 5.32. The summed E-state index contributed by atoms with van der Waals surface area (Å²) < 4.78 is 15.7. The van der Waals surface area contributed by atoms with Gasteiger partial charge >= 0.3 is 0 Å². The second-order valence-corrected chi connectivity index (χ2v) is 12.0. The number of rotatable bonds is 5. The van der Waals surface area contributed by atoms with E-state index in [9.17, 15) is 14.5 Å². The third-order valence-corrected chi connectivity index (χ3v) is 8.23. The molecular weight excluding hydrogens is 445 g/mol. The summed E-state index contributed by atoms with van der Waals surface area (Å²) in [6, 6.07) is 2.73. The molecular formula is C21H31Cl2N3O3S. The van der Waals surface area contributed by atoms with E-state index in [4.69, 9.17) is 23.2 Å². The lowest BCUT2D eigenvalue weighted by Gasteiger charge is -2.38. The lowest BCUT2D eigenvalue weighted by atomic mass is 9.85. The maximum absolute atomic E-state index is 12.9. The van der Waals surface area contributed by atoms with Gasteiger partial charge in [-0.1, -0.05) is 23.2 Å². The van der Waals surface area contributed by atoms with Crippen LogP contribution in [0.1, 0.15) is 51.6 Å². The van der Waals surface area contributed by atoms with Gasteiger partial charge in [-0.15, -0.1) is 4.72 Å². The van der Waals surface area contributed by atoms with Gasteiger partial charge in [0.15, 0.2) is 0 Å². The predicted molar refractivity (Wildman–Crippen MR) is 122 cm³/mol. The summed E-state index contributed by atoms with van der Waals surface area (Å²) in [5.74, 6) is 0.426. The van der Waals surface area contributed by atoms with Crippen LogP contribution in [-0.4, -0.2) is 51.4 Å². The van der Waals surface area contributed by atoms with Crippen molar-refractivity contribution in [2.75, 3.05) is 26.2 Å². The Labute approximate surface area is 192 Å². The van der Waals surface area contributed by atoms with Gasteiger partial charge in [-0.25, -0.2) is 0 Å². The van der Waals surface area contributed by atoms with E-state index in [1.807, 2.05) is 25.7 Å². The van der Waals surface area contributed by atoms with E-state index in [0.29, 0.717) is 23.7 Å². The number of amides is 1. The molecule has 0 bridgehead atoms. The van der Waals surface area contributed by atoms with Crippen molar-refractivity contribution in [1.29, 1.82) is 0 Å². The molecule has 2 aliphatic rings. The zero-order chi connectivity index (χ0) is 22.1. The number of aromatic hydroxyl groups is 1. The summed E-state index contributed by atoms with van der Waals surface area (Å²) in [6.45, 7) is 8.67. The molecule has 2 aliphatic heterocycles. The maximum Gasteiger partial charge on any atom is 0.227 e. The molecule has 1 amide bonds. The first kappa shape index (κ1) is 24.0. The molecule has 1 aromatic rings. The average Bonchev–Trinajstić information content (AvgIpc) is 3.23. The van der Waals surface area contributed by atoms with Crippen LogP contribution in [0.4, 0.5) is 0 Å². The highest BCUT2D eigenvalue weighted by molar-refractivity contribution is 7.90. The largest absolute Gasteiger partial charge is 0.598 e. The number of carbonyl (C=O) groups excluding carboxylic acids is 1. The van der Waals surface area contributed by atoms with Crippen molar-refractivity contribution in [3.63, 3.8) is 0 Å². The van der Waals surface area contributed by atoms with E-state index >= 15 is 0 Å². The summed E-state index contributed by atoms with van der Waals surface area (Å²) in [5, 5.41) is 14.4. The minimum absolute atomic E-state index is 0.0309. The Balaban J connectivity index is 1.77. The Morgan fingerprint density at radius 1 is 1.27 bits per heavy atom. The molecule has 168 valence electrons. The van der Waals surface area contributed by atoms with Crippen LogP contribution in [0.3, 0.4) is 0 Å². The normalized spacial score (nSPS) is 22.9. The number of halogens is 2. The quantitative estimate of drug-likeness (QED) is 0.565. The Morgan fingerprint density at radius 2 is 1.90 bits per heavy atom. The molecule has 30 heavy (non-hydrogen) atoms. The smallest absolute Gasteiger partial charge is 0.227 e. The summed E-state index contributed by atoms with van der Waals surface area (Å²) in [4.78, 5) is 14.7. The third kappa shape index (κ3) is 5.56. The Morgan fingerprint density at radius 3 is 2.47 bits per heavy atom. The Hall–Kier alpha value is -0.700. The predicted octanol–water partition coefficient (Wildman–Crippen LogP) is 3.64. The molecule has 3 N–H and O–H groups in total. The van der Waals surface area contributed by atoms with Crippen LogP contribution in [0.25, 0.3) is 0 Å².